The fourth-order valence-corrected chi connectivity index (χ4v) is 2.47. The van der Waals surface area contributed by atoms with Gasteiger partial charge in [-0.15, -0.1) is 0 Å². The van der Waals surface area contributed by atoms with Gasteiger partial charge in [-0.25, -0.2) is 9.18 Å². The average Bonchev–Trinajstić information content (AvgIpc) is 2.54. The zero-order valence-electron chi connectivity index (χ0n) is 12.5. The molecule has 2 rings (SSSR count). The summed E-state index contributed by atoms with van der Waals surface area (Å²) in [5.74, 6) is -1.41. The molecule has 2 aromatic carbocycles. The van der Waals surface area contributed by atoms with Crippen molar-refractivity contribution in [1.29, 1.82) is 0 Å². The van der Waals surface area contributed by atoms with Crippen molar-refractivity contribution in [2.75, 3.05) is 7.11 Å². The minimum absolute atomic E-state index is 0.0736. The maximum Gasteiger partial charge on any atom is 0.338 e. The number of esters is 1. The van der Waals surface area contributed by atoms with Crippen LogP contribution in [0.1, 0.15) is 27.0 Å². The van der Waals surface area contributed by atoms with E-state index in [1.165, 1.54) is 13.2 Å². The molecule has 0 bridgehead atoms. The summed E-state index contributed by atoms with van der Waals surface area (Å²) in [6.45, 7) is 1.55. The van der Waals surface area contributed by atoms with E-state index >= 15 is 0 Å². The maximum atomic E-state index is 14.8. The molecule has 0 N–H and O–H groups in total. The summed E-state index contributed by atoms with van der Waals surface area (Å²) in [5, 5.41) is 3.83. The summed E-state index contributed by atoms with van der Waals surface area (Å²) in [5.41, 5.74) is 9.62. The quantitative estimate of drug-likeness (QED) is 0.337. The first-order valence-electron chi connectivity index (χ1n) is 6.68. The van der Waals surface area contributed by atoms with E-state index in [1.807, 2.05) is 0 Å². The predicted molar refractivity (Wildman–Crippen MR) is 85.5 cm³/mol. The van der Waals surface area contributed by atoms with Crippen molar-refractivity contribution in [3.05, 3.63) is 73.9 Å². The second-order valence-electron chi connectivity index (χ2n) is 4.83. The molecule has 0 amide bonds. The van der Waals surface area contributed by atoms with Crippen molar-refractivity contribution >= 4 is 23.3 Å². The van der Waals surface area contributed by atoms with Crippen molar-refractivity contribution in [1.82, 2.24) is 0 Å². The normalized spacial score (nSPS) is 10.1. The molecule has 0 fully saturated rings. The van der Waals surface area contributed by atoms with Crippen LogP contribution in [0.2, 0.25) is 5.02 Å². The van der Waals surface area contributed by atoms with Crippen LogP contribution in [0.3, 0.4) is 0 Å². The van der Waals surface area contributed by atoms with E-state index in [1.54, 1.807) is 31.2 Å². The lowest BCUT2D eigenvalue weighted by atomic mass is 9.96. The van der Waals surface area contributed by atoms with Crippen LogP contribution < -0.4 is 0 Å². The molecule has 7 heteroatoms. The van der Waals surface area contributed by atoms with Crippen molar-refractivity contribution in [2.45, 2.75) is 13.3 Å². The summed E-state index contributed by atoms with van der Waals surface area (Å²) in [6, 6.07) is 8.37. The first-order valence-corrected chi connectivity index (χ1v) is 7.06. The van der Waals surface area contributed by atoms with Crippen LogP contribution in [0.4, 0.5) is 10.1 Å². The summed E-state index contributed by atoms with van der Waals surface area (Å²) < 4.78 is 19.5. The lowest BCUT2D eigenvalue weighted by Gasteiger charge is -2.14. The van der Waals surface area contributed by atoms with Gasteiger partial charge in [-0.3, -0.25) is 0 Å². The van der Waals surface area contributed by atoms with E-state index in [0.717, 1.165) is 0 Å². The number of halogens is 2. The molecule has 0 radical (unpaired) electrons. The van der Waals surface area contributed by atoms with E-state index in [9.17, 15) is 9.18 Å². The number of azide groups is 1. The second-order valence-corrected chi connectivity index (χ2v) is 5.24. The molecule has 0 aliphatic rings. The van der Waals surface area contributed by atoms with Crippen LogP contribution in [-0.2, 0) is 11.2 Å². The van der Waals surface area contributed by atoms with E-state index < -0.39 is 11.8 Å². The van der Waals surface area contributed by atoms with Crippen molar-refractivity contribution < 1.29 is 13.9 Å². The van der Waals surface area contributed by atoms with Gasteiger partial charge in [0.25, 0.3) is 0 Å². The summed E-state index contributed by atoms with van der Waals surface area (Å²) in [7, 11) is 1.22. The number of aryl methyl sites for hydroxylation is 1. The van der Waals surface area contributed by atoms with E-state index in [0.29, 0.717) is 16.1 Å². The van der Waals surface area contributed by atoms with Crippen molar-refractivity contribution in [3.63, 3.8) is 0 Å². The smallest absolute Gasteiger partial charge is 0.338 e. The first kappa shape index (κ1) is 16.8. The highest BCUT2D eigenvalue weighted by atomic mass is 35.5. The van der Waals surface area contributed by atoms with Gasteiger partial charge < -0.3 is 4.74 Å². The highest BCUT2D eigenvalue weighted by molar-refractivity contribution is 6.31. The van der Waals surface area contributed by atoms with Gasteiger partial charge in [0, 0.05) is 21.9 Å². The molecule has 0 saturated carbocycles. The predicted octanol–water partition coefficient (Wildman–Crippen LogP) is 5.11. The molecule has 5 nitrogen and oxygen atoms in total. The molecule has 23 heavy (non-hydrogen) atoms. The Balaban J connectivity index is 2.67. The number of methoxy groups -OCH3 is 1. The Morgan fingerprint density at radius 1 is 1.43 bits per heavy atom. The van der Waals surface area contributed by atoms with Gasteiger partial charge in [0.2, 0.25) is 0 Å². The van der Waals surface area contributed by atoms with Gasteiger partial charge in [-0.2, -0.15) is 0 Å². The lowest BCUT2D eigenvalue weighted by Crippen LogP contribution is -2.09. The van der Waals surface area contributed by atoms with Crippen molar-refractivity contribution in [3.8, 4) is 0 Å². The topological polar surface area (TPSA) is 75.1 Å². The van der Waals surface area contributed by atoms with E-state index in [-0.39, 0.29) is 23.2 Å². The largest absolute Gasteiger partial charge is 0.465 e. The zero-order valence-corrected chi connectivity index (χ0v) is 13.3. The van der Waals surface area contributed by atoms with Crippen LogP contribution in [0, 0.1) is 12.7 Å². The number of benzene rings is 2. The maximum absolute atomic E-state index is 14.8. The monoisotopic (exact) mass is 333 g/mol. The van der Waals surface area contributed by atoms with Crippen LogP contribution >= 0.6 is 11.6 Å². The van der Waals surface area contributed by atoms with Crippen LogP contribution in [0.15, 0.2) is 35.4 Å². The fourth-order valence-electron chi connectivity index (χ4n) is 2.27. The molecule has 0 spiro atoms. The minimum atomic E-state index is -0.747. The lowest BCUT2D eigenvalue weighted by molar-refractivity contribution is 0.0599. The number of hydrogen-bond donors (Lipinski definition) is 0. The Morgan fingerprint density at radius 3 is 2.74 bits per heavy atom. The number of ether oxygens (including phenoxy) is 1. The molecular weight excluding hydrogens is 321 g/mol. The molecule has 0 saturated heterocycles. The van der Waals surface area contributed by atoms with Crippen LogP contribution in [0.5, 0.6) is 0 Å². The van der Waals surface area contributed by atoms with E-state index in [2.05, 4.69) is 10.0 Å². The molecule has 0 heterocycles. The van der Waals surface area contributed by atoms with Gasteiger partial charge in [0.05, 0.1) is 18.4 Å². The Bertz CT molecular complexity index is 817. The number of hydrogen-bond acceptors (Lipinski definition) is 3. The molecular formula is C16H13ClFN3O2. The molecule has 0 aliphatic carbocycles. The summed E-state index contributed by atoms with van der Waals surface area (Å²) in [6.07, 6.45) is 0.0736. The number of nitrogens with zero attached hydrogens (tertiary/aromatic N) is 3. The number of rotatable bonds is 4. The third-order valence-electron chi connectivity index (χ3n) is 3.41. The van der Waals surface area contributed by atoms with Gasteiger partial charge in [0.15, 0.2) is 0 Å². The van der Waals surface area contributed by atoms with Gasteiger partial charge in [0.1, 0.15) is 5.82 Å². The minimum Gasteiger partial charge on any atom is -0.465 e. The number of carbonyl (C=O) groups is 1. The summed E-state index contributed by atoms with van der Waals surface area (Å²) in [4.78, 5) is 14.6. The molecule has 118 valence electrons. The molecule has 0 unspecified atom stereocenters. The molecule has 2 aromatic rings. The molecule has 0 atom stereocenters. The third kappa shape index (κ3) is 3.44. The SMILES string of the molecule is COC(=O)c1cc(C)c(N=[N+]=[N-])c(F)c1Cc1ccccc1Cl. The van der Waals surface area contributed by atoms with Gasteiger partial charge >= 0.3 is 5.97 Å². The number of carbonyl (C=O) groups excluding carboxylic acids is 1. The summed E-state index contributed by atoms with van der Waals surface area (Å²) >= 11 is 6.10. The first-order chi connectivity index (χ1) is 11.0. The second kappa shape index (κ2) is 7.13. The van der Waals surface area contributed by atoms with Gasteiger partial charge in [-0.1, -0.05) is 34.9 Å². The molecule has 0 aromatic heterocycles. The van der Waals surface area contributed by atoms with E-state index in [4.69, 9.17) is 21.9 Å². The Hall–Kier alpha value is -2.56. The van der Waals surface area contributed by atoms with Gasteiger partial charge in [-0.05, 0) is 35.7 Å². The Labute approximate surface area is 137 Å². The average molecular weight is 334 g/mol. The highest BCUT2D eigenvalue weighted by Crippen LogP contribution is 2.32. The van der Waals surface area contributed by atoms with Crippen LogP contribution in [0.25, 0.3) is 10.4 Å². The molecule has 0 aliphatic heterocycles. The zero-order chi connectivity index (χ0) is 17.0. The fraction of sp³-hybridized carbons (Fsp3) is 0.188. The van der Waals surface area contributed by atoms with Crippen LogP contribution in [-0.4, -0.2) is 13.1 Å². The highest BCUT2D eigenvalue weighted by Gasteiger charge is 2.21. The Kier molecular flexibility index (Phi) is 5.21. The third-order valence-corrected chi connectivity index (χ3v) is 3.78. The Morgan fingerprint density at radius 2 is 2.13 bits per heavy atom. The van der Waals surface area contributed by atoms with Crippen molar-refractivity contribution in [2.24, 2.45) is 5.11 Å². The standard InChI is InChI=1S/C16H13ClFN3O2/c1-9-7-12(16(22)23-2)11(14(18)15(9)20-21-19)8-10-5-3-4-6-13(10)17/h3-7H,8H2,1-2H3.